The van der Waals surface area contributed by atoms with Gasteiger partial charge in [0.05, 0.1) is 6.61 Å². The van der Waals surface area contributed by atoms with Crippen LogP contribution >= 0.6 is 11.3 Å². The van der Waals surface area contributed by atoms with Crippen LogP contribution in [0.2, 0.25) is 0 Å². The molecule has 0 radical (unpaired) electrons. The lowest BCUT2D eigenvalue weighted by atomic mass is 9.81. The molecule has 2 N–H and O–H groups in total. The van der Waals surface area contributed by atoms with Crippen LogP contribution in [-0.2, 0) is 11.3 Å². The van der Waals surface area contributed by atoms with Crippen molar-refractivity contribution < 1.29 is 9.84 Å². The molecule has 1 aliphatic rings. The predicted molar refractivity (Wildman–Crippen MR) is 65.6 cm³/mol. The second kappa shape index (κ2) is 5.77. The van der Waals surface area contributed by atoms with Crippen LogP contribution < -0.4 is 5.32 Å². The van der Waals surface area contributed by atoms with Gasteiger partial charge in [0.2, 0.25) is 0 Å². The molecular weight excluding hydrogens is 222 g/mol. The number of hydrogen-bond acceptors (Lipinski definition) is 4. The SMILES string of the molecule is OCC1(CNCc2cccs2)CCOCC1. The second-order valence-electron chi connectivity index (χ2n) is 4.45. The van der Waals surface area contributed by atoms with E-state index in [9.17, 15) is 5.11 Å². The highest BCUT2D eigenvalue weighted by molar-refractivity contribution is 7.09. The van der Waals surface area contributed by atoms with Crippen LogP contribution in [0.4, 0.5) is 0 Å². The molecule has 0 atom stereocenters. The van der Waals surface area contributed by atoms with Crippen molar-refractivity contribution >= 4 is 11.3 Å². The lowest BCUT2D eigenvalue weighted by Crippen LogP contribution is -2.41. The van der Waals surface area contributed by atoms with Crippen LogP contribution in [0.5, 0.6) is 0 Å². The van der Waals surface area contributed by atoms with E-state index >= 15 is 0 Å². The van der Waals surface area contributed by atoms with E-state index in [4.69, 9.17) is 4.74 Å². The molecule has 1 fully saturated rings. The summed E-state index contributed by atoms with van der Waals surface area (Å²) in [6.45, 7) is 3.60. The van der Waals surface area contributed by atoms with Crippen LogP contribution in [-0.4, -0.2) is 31.5 Å². The molecule has 3 nitrogen and oxygen atoms in total. The molecule has 0 unspecified atom stereocenters. The first-order valence-electron chi connectivity index (χ1n) is 5.76. The third kappa shape index (κ3) is 3.04. The Bertz CT molecular complexity index is 294. The molecule has 0 bridgehead atoms. The lowest BCUT2D eigenvalue weighted by Gasteiger charge is -2.35. The number of aliphatic hydroxyl groups is 1. The number of aliphatic hydroxyl groups excluding tert-OH is 1. The molecule has 0 spiro atoms. The largest absolute Gasteiger partial charge is 0.396 e. The maximum Gasteiger partial charge on any atom is 0.0501 e. The minimum absolute atomic E-state index is 0.0372. The van der Waals surface area contributed by atoms with Crippen LogP contribution in [0.3, 0.4) is 0 Å². The minimum atomic E-state index is 0.0372. The third-order valence-electron chi connectivity index (χ3n) is 3.27. The lowest BCUT2D eigenvalue weighted by molar-refractivity contribution is -0.0153. The fraction of sp³-hybridized carbons (Fsp3) is 0.667. The van der Waals surface area contributed by atoms with Gasteiger partial charge in [-0.1, -0.05) is 6.07 Å². The van der Waals surface area contributed by atoms with Crippen molar-refractivity contribution in [2.75, 3.05) is 26.4 Å². The molecule has 0 saturated carbocycles. The normalized spacial score (nSPS) is 19.8. The molecule has 2 heterocycles. The summed E-state index contributed by atoms with van der Waals surface area (Å²) < 4.78 is 5.34. The van der Waals surface area contributed by atoms with Crippen LogP contribution in [0.1, 0.15) is 17.7 Å². The number of thiophene rings is 1. The molecule has 0 amide bonds. The Morgan fingerprint density at radius 3 is 2.88 bits per heavy atom. The summed E-state index contributed by atoms with van der Waals surface area (Å²) in [6, 6.07) is 4.20. The molecule has 1 aliphatic heterocycles. The maximum atomic E-state index is 9.51. The van der Waals surface area contributed by atoms with Gasteiger partial charge in [-0.05, 0) is 24.3 Å². The average molecular weight is 241 g/mol. The van der Waals surface area contributed by atoms with Gasteiger partial charge in [0, 0.05) is 36.6 Å². The number of hydrogen-bond donors (Lipinski definition) is 2. The topological polar surface area (TPSA) is 41.5 Å². The van der Waals surface area contributed by atoms with Crippen molar-refractivity contribution in [3.8, 4) is 0 Å². The maximum absolute atomic E-state index is 9.51. The van der Waals surface area contributed by atoms with Crippen LogP contribution in [0.25, 0.3) is 0 Å². The van der Waals surface area contributed by atoms with E-state index in [-0.39, 0.29) is 12.0 Å². The van der Waals surface area contributed by atoms with Gasteiger partial charge in [0.15, 0.2) is 0 Å². The highest BCUT2D eigenvalue weighted by Crippen LogP contribution is 2.29. The quantitative estimate of drug-likeness (QED) is 0.823. The zero-order chi connectivity index (χ0) is 11.3. The Hall–Kier alpha value is -0.420. The average Bonchev–Trinajstić information content (AvgIpc) is 2.83. The monoisotopic (exact) mass is 241 g/mol. The van der Waals surface area contributed by atoms with E-state index in [1.165, 1.54) is 4.88 Å². The Labute approximate surface area is 100 Å². The van der Waals surface area contributed by atoms with Crippen molar-refractivity contribution in [1.29, 1.82) is 0 Å². The Morgan fingerprint density at radius 2 is 2.25 bits per heavy atom. The van der Waals surface area contributed by atoms with Gasteiger partial charge in [-0.15, -0.1) is 11.3 Å². The van der Waals surface area contributed by atoms with Gasteiger partial charge in [-0.3, -0.25) is 0 Å². The third-order valence-corrected chi connectivity index (χ3v) is 4.14. The molecular formula is C12H19NO2S. The summed E-state index contributed by atoms with van der Waals surface area (Å²) in [6.07, 6.45) is 1.92. The van der Waals surface area contributed by atoms with Crippen molar-refractivity contribution in [3.63, 3.8) is 0 Å². The van der Waals surface area contributed by atoms with E-state index in [2.05, 4.69) is 22.8 Å². The van der Waals surface area contributed by atoms with Crippen LogP contribution in [0, 0.1) is 5.41 Å². The molecule has 4 heteroatoms. The van der Waals surface area contributed by atoms with Gasteiger partial charge < -0.3 is 15.2 Å². The fourth-order valence-electron chi connectivity index (χ4n) is 2.06. The van der Waals surface area contributed by atoms with Gasteiger partial charge >= 0.3 is 0 Å². The van der Waals surface area contributed by atoms with E-state index < -0.39 is 0 Å². The van der Waals surface area contributed by atoms with Crippen LogP contribution in [0.15, 0.2) is 17.5 Å². The van der Waals surface area contributed by atoms with E-state index in [0.717, 1.165) is 39.1 Å². The molecule has 90 valence electrons. The first kappa shape index (κ1) is 12.0. The fourth-order valence-corrected chi connectivity index (χ4v) is 2.73. The first-order chi connectivity index (χ1) is 7.85. The van der Waals surface area contributed by atoms with E-state index in [0.29, 0.717) is 0 Å². The molecule has 1 aromatic heterocycles. The summed E-state index contributed by atoms with van der Waals surface area (Å²) in [5.74, 6) is 0. The summed E-state index contributed by atoms with van der Waals surface area (Å²) in [7, 11) is 0. The molecule has 0 aromatic carbocycles. The summed E-state index contributed by atoms with van der Waals surface area (Å²) in [5.41, 5.74) is 0.0372. The summed E-state index contributed by atoms with van der Waals surface area (Å²) in [4.78, 5) is 1.35. The van der Waals surface area contributed by atoms with Gasteiger partial charge in [-0.25, -0.2) is 0 Å². The van der Waals surface area contributed by atoms with Crippen molar-refractivity contribution in [3.05, 3.63) is 22.4 Å². The zero-order valence-corrected chi connectivity index (χ0v) is 10.3. The zero-order valence-electron chi connectivity index (χ0n) is 9.45. The minimum Gasteiger partial charge on any atom is -0.396 e. The van der Waals surface area contributed by atoms with Gasteiger partial charge in [0.1, 0.15) is 0 Å². The van der Waals surface area contributed by atoms with Crippen molar-refractivity contribution in [1.82, 2.24) is 5.32 Å². The highest BCUT2D eigenvalue weighted by atomic mass is 32.1. The molecule has 0 aliphatic carbocycles. The number of rotatable bonds is 5. The van der Waals surface area contributed by atoms with Crippen molar-refractivity contribution in [2.45, 2.75) is 19.4 Å². The first-order valence-corrected chi connectivity index (χ1v) is 6.64. The van der Waals surface area contributed by atoms with Gasteiger partial charge in [0.25, 0.3) is 0 Å². The molecule has 2 rings (SSSR count). The van der Waals surface area contributed by atoms with Gasteiger partial charge in [-0.2, -0.15) is 0 Å². The smallest absolute Gasteiger partial charge is 0.0501 e. The van der Waals surface area contributed by atoms with E-state index in [1.807, 2.05) is 0 Å². The molecule has 1 saturated heterocycles. The second-order valence-corrected chi connectivity index (χ2v) is 5.49. The van der Waals surface area contributed by atoms with Crippen molar-refractivity contribution in [2.24, 2.45) is 5.41 Å². The predicted octanol–water partition coefficient (Wildman–Crippen LogP) is 1.63. The summed E-state index contributed by atoms with van der Waals surface area (Å²) >= 11 is 1.77. The Balaban J connectivity index is 1.78. The van der Waals surface area contributed by atoms with E-state index in [1.54, 1.807) is 11.3 Å². The Morgan fingerprint density at radius 1 is 1.44 bits per heavy atom. The number of ether oxygens (including phenoxy) is 1. The molecule has 16 heavy (non-hydrogen) atoms. The standard InChI is InChI=1S/C12H19NO2S/c14-10-12(3-5-15-6-4-12)9-13-8-11-2-1-7-16-11/h1-2,7,13-14H,3-6,8-10H2. The summed E-state index contributed by atoms with van der Waals surface area (Å²) in [5, 5.41) is 15.0. The highest BCUT2D eigenvalue weighted by Gasteiger charge is 2.31. The Kier molecular flexibility index (Phi) is 4.35. The molecule has 1 aromatic rings. The number of nitrogens with one attached hydrogen (secondary N) is 1.